The van der Waals surface area contributed by atoms with Gasteiger partial charge in [-0.2, -0.15) is 5.10 Å². The molecule has 2 rings (SSSR count). The molecule has 0 spiro atoms. The maximum absolute atomic E-state index is 12.0. The summed E-state index contributed by atoms with van der Waals surface area (Å²) < 4.78 is 1.54. The van der Waals surface area contributed by atoms with Crippen LogP contribution in [0.15, 0.2) is 42.6 Å². The van der Waals surface area contributed by atoms with Crippen molar-refractivity contribution in [1.82, 2.24) is 14.7 Å². The lowest BCUT2D eigenvalue weighted by Crippen LogP contribution is -2.29. The first-order valence-corrected chi connectivity index (χ1v) is 5.72. The average molecular weight is 244 g/mol. The summed E-state index contributed by atoms with van der Waals surface area (Å²) in [6.07, 6.45) is 1.70. The number of nitrogens with two attached hydrogens (primary N) is 1. The van der Waals surface area contributed by atoms with Crippen LogP contribution >= 0.6 is 0 Å². The summed E-state index contributed by atoms with van der Waals surface area (Å²) in [6.45, 7) is 0.803. The number of aromatic nitrogens is 2. The fourth-order valence-electron chi connectivity index (χ4n) is 1.67. The van der Waals surface area contributed by atoms with Crippen LogP contribution in [0.5, 0.6) is 0 Å². The summed E-state index contributed by atoms with van der Waals surface area (Å²) in [6, 6.07) is 11.5. The van der Waals surface area contributed by atoms with Crippen molar-refractivity contribution in [3.63, 3.8) is 0 Å². The molecule has 1 heterocycles. The first-order chi connectivity index (χ1) is 8.65. The third-order valence-corrected chi connectivity index (χ3v) is 2.65. The van der Waals surface area contributed by atoms with E-state index in [0.29, 0.717) is 12.4 Å². The number of hydrogen-bond acceptors (Lipinski definition) is 3. The molecule has 5 heteroatoms. The van der Waals surface area contributed by atoms with E-state index in [-0.39, 0.29) is 12.5 Å². The van der Waals surface area contributed by atoms with Crippen LogP contribution in [0.25, 0.3) is 0 Å². The number of carbonyl (C=O) groups excluding carboxylic acids is 1. The number of amides is 1. The maximum Gasteiger partial charge on any atom is 0.244 e. The van der Waals surface area contributed by atoms with Crippen LogP contribution in [0, 0.1) is 0 Å². The lowest BCUT2D eigenvalue weighted by Gasteiger charge is -2.17. The van der Waals surface area contributed by atoms with Gasteiger partial charge in [-0.3, -0.25) is 9.48 Å². The summed E-state index contributed by atoms with van der Waals surface area (Å²) in [4.78, 5) is 13.6. The molecule has 1 amide bonds. The van der Waals surface area contributed by atoms with E-state index in [2.05, 4.69) is 5.10 Å². The Balaban J connectivity index is 1.93. The molecule has 0 saturated heterocycles. The highest BCUT2D eigenvalue weighted by molar-refractivity contribution is 5.75. The van der Waals surface area contributed by atoms with Gasteiger partial charge in [-0.25, -0.2) is 0 Å². The van der Waals surface area contributed by atoms with E-state index in [1.165, 1.54) is 0 Å². The zero-order valence-electron chi connectivity index (χ0n) is 10.3. The molecule has 94 valence electrons. The molecule has 0 atom stereocenters. The Morgan fingerprint density at radius 2 is 2.06 bits per heavy atom. The van der Waals surface area contributed by atoms with Gasteiger partial charge in [0.25, 0.3) is 0 Å². The Kier molecular flexibility index (Phi) is 3.62. The van der Waals surface area contributed by atoms with Crippen LogP contribution in [0.4, 0.5) is 5.82 Å². The second-order valence-electron chi connectivity index (χ2n) is 4.17. The van der Waals surface area contributed by atoms with E-state index >= 15 is 0 Å². The molecule has 5 nitrogen and oxygen atoms in total. The molecule has 0 aliphatic heterocycles. The number of likely N-dealkylation sites (N-methyl/N-ethyl adjacent to an activating group) is 1. The summed E-state index contributed by atoms with van der Waals surface area (Å²) in [5.41, 5.74) is 6.60. The molecule has 2 N–H and O–H groups in total. The minimum Gasteiger partial charge on any atom is -0.382 e. The predicted molar refractivity (Wildman–Crippen MR) is 69.6 cm³/mol. The normalized spacial score (nSPS) is 10.3. The van der Waals surface area contributed by atoms with Crippen molar-refractivity contribution in [2.75, 3.05) is 12.8 Å². The molecular weight excluding hydrogens is 228 g/mol. The largest absolute Gasteiger partial charge is 0.382 e. The molecular formula is C13H16N4O. The van der Waals surface area contributed by atoms with Crippen molar-refractivity contribution in [3.8, 4) is 0 Å². The molecule has 0 saturated carbocycles. The molecule has 0 aliphatic carbocycles. The highest BCUT2D eigenvalue weighted by Gasteiger charge is 2.10. The molecule has 18 heavy (non-hydrogen) atoms. The molecule has 1 aromatic carbocycles. The van der Waals surface area contributed by atoms with Crippen LogP contribution in [-0.2, 0) is 17.9 Å². The van der Waals surface area contributed by atoms with Gasteiger partial charge in [0.05, 0.1) is 0 Å². The lowest BCUT2D eigenvalue weighted by atomic mass is 10.2. The van der Waals surface area contributed by atoms with Gasteiger partial charge >= 0.3 is 0 Å². The van der Waals surface area contributed by atoms with E-state index in [4.69, 9.17) is 5.73 Å². The Morgan fingerprint density at radius 3 is 2.67 bits per heavy atom. The molecule has 0 unspecified atom stereocenters. The number of nitrogen functional groups attached to an aromatic ring is 1. The number of carbonyl (C=O) groups is 1. The van der Waals surface area contributed by atoms with Gasteiger partial charge in [0, 0.05) is 19.8 Å². The van der Waals surface area contributed by atoms with E-state index in [0.717, 1.165) is 5.56 Å². The van der Waals surface area contributed by atoms with Crippen molar-refractivity contribution in [3.05, 3.63) is 48.2 Å². The lowest BCUT2D eigenvalue weighted by molar-refractivity contribution is -0.131. The van der Waals surface area contributed by atoms with Crippen molar-refractivity contribution >= 4 is 11.7 Å². The van der Waals surface area contributed by atoms with E-state index < -0.39 is 0 Å². The van der Waals surface area contributed by atoms with Crippen molar-refractivity contribution < 1.29 is 4.79 Å². The zero-order valence-corrected chi connectivity index (χ0v) is 10.3. The Bertz CT molecular complexity index is 521. The SMILES string of the molecule is CN(Cc1ccccc1)C(=O)Cn1ccc(N)n1. The van der Waals surface area contributed by atoms with Crippen molar-refractivity contribution in [2.45, 2.75) is 13.1 Å². The van der Waals surface area contributed by atoms with Crippen LogP contribution in [0.1, 0.15) is 5.56 Å². The Labute approximate surface area is 106 Å². The number of nitrogens with zero attached hydrogens (tertiary/aromatic N) is 3. The van der Waals surface area contributed by atoms with E-state index in [1.807, 2.05) is 30.3 Å². The number of rotatable bonds is 4. The van der Waals surface area contributed by atoms with Crippen molar-refractivity contribution in [2.24, 2.45) is 0 Å². The van der Waals surface area contributed by atoms with E-state index in [9.17, 15) is 4.79 Å². The number of hydrogen-bond donors (Lipinski definition) is 1. The summed E-state index contributed by atoms with van der Waals surface area (Å²) in [7, 11) is 1.78. The van der Waals surface area contributed by atoms with E-state index in [1.54, 1.807) is 28.9 Å². The summed E-state index contributed by atoms with van der Waals surface area (Å²) >= 11 is 0. The highest BCUT2D eigenvalue weighted by Crippen LogP contribution is 2.04. The smallest absolute Gasteiger partial charge is 0.244 e. The van der Waals surface area contributed by atoms with Crippen LogP contribution in [-0.4, -0.2) is 27.6 Å². The molecule has 1 aromatic heterocycles. The van der Waals surface area contributed by atoms with Gasteiger partial charge in [0.2, 0.25) is 5.91 Å². The first-order valence-electron chi connectivity index (χ1n) is 5.72. The molecule has 0 aliphatic rings. The van der Waals surface area contributed by atoms with Gasteiger partial charge in [-0.1, -0.05) is 30.3 Å². The Morgan fingerprint density at radius 1 is 1.33 bits per heavy atom. The maximum atomic E-state index is 12.0. The molecule has 0 fully saturated rings. The second kappa shape index (κ2) is 5.35. The van der Waals surface area contributed by atoms with Gasteiger partial charge in [0.15, 0.2) is 0 Å². The fraction of sp³-hybridized carbons (Fsp3) is 0.231. The van der Waals surface area contributed by atoms with Crippen LogP contribution in [0.3, 0.4) is 0 Å². The third kappa shape index (κ3) is 3.10. The van der Waals surface area contributed by atoms with Gasteiger partial charge in [0.1, 0.15) is 12.4 Å². The fourth-order valence-corrected chi connectivity index (χ4v) is 1.67. The van der Waals surface area contributed by atoms with Crippen LogP contribution < -0.4 is 5.73 Å². The standard InChI is InChI=1S/C13H16N4O/c1-16(9-11-5-3-2-4-6-11)13(18)10-17-8-7-12(14)15-17/h2-8H,9-10H2,1H3,(H2,14,15). The summed E-state index contributed by atoms with van der Waals surface area (Å²) in [5.74, 6) is 0.426. The molecule has 2 aromatic rings. The first kappa shape index (κ1) is 12.2. The predicted octanol–water partition coefficient (Wildman–Crippen LogP) is 1.12. The number of anilines is 1. The topological polar surface area (TPSA) is 64.2 Å². The minimum absolute atomic E-state index is 0.00181. The quantitative estimate of drug-likeness (QED) is 0.876. The number of benzene rings is 1. The van der Waals surface area contributed by atoms with Gasteiger partial charge in [-0.05, 0) is 11.6 Å². The highest BCUT2D eigenvalue weighted by atomic mass is 16.2. The zero-order chi connectivity index (χ0) is 13.0. The average Bonchev–Trinajstić information content (AvgIpc) is 2.76. The van der Waals surface area contributed by atoms with Crippen molar-refractivity contribution in [1.29, 1.82) is 0 Å². The third-order valence-electron chi connectivity index (χ3n) is 2.65. The van der Waals surface area contributed by atoms with Crippen LogP contribution in [0.2, 0.25) is 0 Å². The molecule has 0 bridgehead atoms. The monoisotopic (exact) mass is 244 g/mol. The Hall–Kier alpha value is -2.30. The van der Waals surface area contributed by atoms with Gasteiger partial charge in [-0.15, -0.1) is 0 Å². The van der Waals surface area contributed by atoms with Gasteiger partial charge < -0.3 is 10.6 Å². The minimum atomic E-state index is 0.00181. The second-order valence-corrected chi connectivity index (χ2v) is 4.17. The molecule has 0 radical (unpaired) electrons. The summed E-state index contributed by atoms with van der Waals surface area (Å²) in [5, 5.41) is 3.99.